The summed E-state index contributed by atoms with van der Waals surface area (Å²) in [6.07, 6.45) is 1.74. The lowest BCUT2D eigenvalue weighted by Gasteiger charge is -2.30. The molecule has 0 aromatic heterocycles. The largest absolute Gasteiger partial charge is 0.398 e. The predicted molar refractivity (Wildman–Crippen MR) is 96.9 cm³/mol. The van der Waals surface area contributed by atoms with Gasteiger partial charge in [-0.25, -0.2) is 8.42 Å². The number of hydrogen-bond donors (Lipinski definition) is 1. The van der Waals surface area contributed by atoms with E-state index in [0.29, 0.717) is 12.2 Å². The number of anilines is 2. The first-order chi connectivity index (χ1) is 10.3. The van der Waals surface area contributed by atoms with Crippen molar-refractivity contribution >= 4 is 39.5 Å². The average Bonchev–Trinajstić information content (AvgIpc) is 2.43. The second-order valence-electron chi connectivity index (χ2n) is 6.25. The molecule has 0 radical (unpaired) electrons. The highest BCUT2D eigenvalue weighted by Gasteiger charge is 2.25. The van der Waals surface area contributed by atoms with Crippen molar-refractivity contribution in [3.05, 3.63) is 23.8 Å². The highest BCUT2D eigenvalue weighted by Crippen LogP contribution is 2.31. The molecule has 0 aliphatic carbocycles. The summed E-state index contributed by atoms with van der Waals surface area (Å²) in [6.45, 7) is 4.35. The van der Waals surface area contributed by atoms with E-state index in [-0.39, 0.29) is 42.2 Å². The Kier molecular flexibility index (Phi) is 6.89. The van der Waals surface area contributed by atoms with E-state index in [1.807, 2.05) is 32.0 Å². The molecule has 0 unspecified atom stereocenters. The standard InChI is InChI=1S/C16H24N2O3S.ClH/c1-12(2)11-22(20,21)10-8-16(19)18-9-4-5-13-14(17)6-3-7-15(13)18;/h3,6-7,12H,4-5,8-11,17H2,1-2H3;1H. The summed E-state index contributed by atoms with van der Waals surface area (Å²) in [5.74, 6) is -0.0170. The third-order valence-corrected chi connectivity index (χ3v) is 5.80. The fourth-order valence-electron chi connectivity index (χ4n) is 2.88. The molecule has 0 atom stereocenters. The van der Waals surface area contributed by atoms with Crippen molar-refractivity contribution in [3.8, 4) is 0 Å². The average molecular weight is 361 g/mol. The zero-order valence-corrected chi connectivity index (χ0v) is 15.3. The fourth-order valence-corrected chi connectivity index (χ4v) is 4.55. The molecule has 7 heteroatoms. The Morgan fingerprint density at radius 2 is 2.04 bits per heavy atom. The van der Waals surface area contributed by atoms with Gasteiger partial charge in [-0.2, -0.15) is 0 Å². The van der Waals surface area contributed by atoms with Gasteiger partial charge < -0.3 is 10.6 Å². The van der Waals surface area contributed by atoms with Crippen molar-refractivity contribution in [3.63, 3.8) is 0 Å². The third kappa shape index (κ3) is 5.11. The highest BCUT2D eigenvalue weighted by molar-refractivity contribution is 7.91. The van der Waals surface area contributed by atoms with Crippen LogP contribution in [0.1, 0.15) is 32.3 Å². The van der Waals surface area contributed by atoms with Crippen LogP contribution < -0.4 is 10.6 Å². The van der Waals surface area contributed by atoms with Crippen molar-refractivity contribution in [2.24, 2.45) is 5.92 Å². The quantitative estimate of drug-likeness (QED) is 0.818. The SMILES string of the molecule is CC(C)CS(=O)(=O)CCC(=O)N1CCCc2c(N)cccc21.Cl. The lowest BCUT2D eigenvalue weighted by atomic mass is 9.99. The number of rotatable bonds is 5. The van der Waals surface area contributed by atoms with E-state index in [2.05, 4.69) is 0 Å². The smallest absolute Gasteiger partial charge is 0.228 e. The first kappa shape index (κ1) is 19.8. The summed E-state index contributed by atoms with van der Waals surface area (Å²) < 4.78 is 23.9. The number of nitrogen functional groups attached to an aromatic ring is 1. The maximum atomic E-state index is 12.4. The zero-order valence-electron chi connectivity index (χ0n) is 13.6. The van der Waals surface area contributed by atoms with Gasteiger partial charge in [-0.1, -0.05) is 19.9 Å². The number of fused-ring (bicyclic) bond motifs is 1. The Hall–Kier alpha value is -1.27. The molecule has 1 heterocycles. The van der Waals surface area contributed by atoms with Crippen molar-refractivity contribution in [1.29, 1.82) is 0 Å². The summed E-state index contributed by atoms with van der Waals surface area (Å²) in [7, 11) is -3.17. The minimum absolute atomic E-state index is 0. The van der Waals surface area contributed by atoms with E-state index in [0.717, 1.165) is 24.1 Å². The number of nitrogens with two attached hydrogens (primary N) is 1. The number of sulfone groups is 1. The van der Waals surface area contributed by atoms with Gasteiger partial charge in [-0.3, -0.25) is 4.79 Å². The molecule has 130 valence electrons. The van der Waals surface area contributed by atoms with Gasteiger partial charge >= 0.3 is 0 Å². The Labute approximate surface area is 144 Å². The summed E-state index contributed by atoms with van der Waals surface area (Å²) >= 11 is 0. The van der Waals surface area contributed by atoms with E-state index in [1.54, 1.807) is 4.90 Å². The topological polar surface area (TPSA) is 80.5 Å². The number of halogens is 1. The summed E-state index contributed by atoms with van der Waals surface area (Å²) in [4.78, 5) is 14.1. The van der Waals surface area contributed by atoms with E-state index < -0.39 is 9.84 Å². The first-order valence-electron chi connectivity index (χ1n) is 7.68. The van der Waals surface area contributed by atoms with Crippen LogP contribution in [0.3, 0.4) is 0 Å². The second-order valence-corrected chi connectivity index (χ2v) is 8.48. The summed E-state index contributed by atoms with van der Waals surface area (Å²) in [5, 5.41) is 0. The number of nitrogens with zero attached hydrogens (tertiary/aromatic N) is 1. The lowest BCUT2D eigenvalue weighted by molar-refractivity contribution is -0.118. The molecule has 0 saturated heterocycles. The van der Waals surface area contributed by atoms with Gasteiger partial charge in [0.1, 0.15) is 0 Å². The molecule has 1 aromatic rings. The first-order valence-corrected chi connectivity index (χ1v) is 9.50. The van der Waals surface area contributed by atoms with E-state index in [9.17, 15) is 13.2 Å². The van der Waals surface area contributed by atoms with Gasteiger partial charge in [-0.15, -0.1) is 12.4 Å². The molecule has 1 amide bonds. The number of amides is 1. The van der Waals surface area contributed by atoms with Crippen LogP contribution in [0.15, 0.2) is 18.2 Å². The van der Waals surface area contributed by atoms with Crippen molar-refractivity contribution in [1.82, 2.24) is 0 Å². The fraction of sp³-hybridized carbons (Fsp3) is 0.562. The van der Waals surface area contributed by atoms with Crippen molar-refractivity contribution in [2.45, 2.75) is 33.1 Å². The van der Waals surface area contributed by atoms with Gasteiger partial charge in [0.05, 0.1) is 11.5 Å². The Balaban J connectivity index is 0.00000264. The van der Waals surface area contributed by atoms with Gasteiger partial charge in [0, 0.05) is 24.3 Å². The summed E-state index contributed by atoms with van der Waals surface area (Å²) in [5.41, 5.74) is 8.49. The molecule has 1 aliphatic heterocycles. The van der Waals surface area contributed by atoms with Crippen LogP contribution in [-0.2, 0) is 21.1 Å². The van der Waals surface area contributed by atoms with Crippen LogP contribution in [0.4, 0.5) is 11.4 Å². The molecule has 0 bridgehead atoms. The molecule has 5 nitrogen and oxygen atoms in total. The Bertz CT molecular complexity index is 659. The van der Waals surface area contributed by atoms with Crippen LogP contribution in [0.5, 0.6) is 0 Å². The van der Waals surface area contributed by atoms with Crippen LogP contribution >= 0.6 is 12.4 Å². The van der Waals surface area contributed by atoms with Crippen molar-refractivity contribution < 1.29 is 13.2 Å². The predicted octanol–water partition coefficient (Wildman–Crippen LogP) is 2.43. The van der Waals surface area contributed by atoms with Crippen LogP contribution in [0, 0.1) is 5.92 Å². The molecule has 1 aliphatic rings. The molecular weight excluding hydrogens is 336 g/mol. The number of hydrogen-bond acceptors (Lipinski definition) is 4. The molecule has 0 spiro atoms. The zero-order chi connectivity index (χ0) is 16.3. The molecule has 1 aromatic carbocycles. The molecule has 0 fully saturated rings. The number of carbonyl (C=O) groups excluding carboxylic acids is 1. The maximum Gasteiger partial charge on any atom is 0.228 e. The normalized spacial score (nSPS) is 14.3. The molecule has 0 saturated carbocycles. The van der Waals surface area contributed by atoms with Crippen LogP contribution in [0.25, 0.3) is 0 Å². The Morgan fingerprint density at radius 1 is 1.35 bits per heavy atom. The maximum absolute atomic E-state index is 12.4. The third-order valence-electron chi connectivity index (χ3n) is 3.80. The van der Waals surface area contributed by atoms with Crippen LogP contribution in [-0.4, -0.2) is 32.4 Å². The van der Waals surface area contributed by atoms with Gasteiger partial charge in [0.25, 0.3) is 0 Å². The van der Waals surface area contributed by atoms with E-state index in [4.69, 9.17) is 5.73 Å². The second kappa shape index (κ2) is 8.02. The van der Waals surface area contributed by atoms with Crippen molar-refractivity contribution in [2.75, 3.05) is 28.7 Å². The highest BCUT2D eigenvalue weighted by atomic mass is 35.5. The number of benzene rings is 1. The van der Waals surface area contributed by atoms with Gasteiger partial charge in [0.2, 0.25) is 5.91 Å². The monoisotopic (exact) mass is 360 g/mol. The van der Waals surface area contributed by atoms with E-state index in [1.165, 1.54) is 0 Å². The molecule has 23 heavy (non-hydrogen) atoms. The Morgan fingerprint density at radius 3 is 2.70 bits per heavy atom. The summed E-state index contributed by atoms with van der Waals surface area (Å²) in [6, 6.07) is 5.54. The number of carbonyl (C=O) groups is 1. The minimum atomic E-state index is -3.17. The van der Waals surface area contributed by atoms with Crippen LogP contribution in [0.2, 0.25) is 0 Å². The molecular formula is C16H25ClN2O3S. The molecule has 2 N–H and O–H groups in total. The van der Waals surface area contributed by atoms with E-state index >= 15 is 0 Å². The van der Waals surface area contributed by atoms with Gasteiger partial charge in [0.15, 0.2) is 9.84 Å². The minimum Gasteiger partial charge on any atom is -0.398 e. The molecule has 2 rings (SSSR count). The lowest BCUT2D eigenvalue weighted by Crippen LogP contribution is -2.36. The van der Waals surface area contributed by atoms with Gasteiger partial charge in [-0.05, 0) is 36.5 Å².